The van der Waals surface area contributed by atoms with Gasteiger partial charge in [-0.05, 0) is 31.3 Å². The molecule has 1 aromatic heterocycles. The molecule has 0 saturated carbocycles. The molecule has 94 valence electrons. The van der Waals surface area contributed by atoms with E-state index >= 15 is 0 Å². The number of ether oxygens (including phenoxy) is 1. The van der Waals surface area contributed by atoms with Crippen LogP contribution in [-0.4, -0.2) is 24.7 Å². The first-order valence-corrected chi connectivity index (χ1v) is 6.13. The zero-order valence-electron chi connectivity index (χ0n) is 10.5. The van der Waals surface area contributed by atoms with Gasteiger partial charge in [0.25, 0.3) is 0 Å². The summed E-state index contributed by atoms with van der Waals surface area (Å²) in [5, 5.41) is 3.26. The van der Waals surface area contributed by atoms with E-state index in [2.05, 4.69) is 10.3 Å². The van der Waals surface area contributed by atoms with E-state index in [0.29, 0.717) is 6.61 Å². The third-order valence-corrected chi connectivity index (χ3v) is 2.78. The summed E-state index contributed by atoms with van der Waals surface area (Å²) < 4.78 is 5.74. The quantitative estimate of drug-likeness (QED) is 0.844. The van der Waals surface area contributed by atoms with Crippen molar-refractivity contribution in [2.45, 2.75) is 12.5 Å². The summed E-state index contributed by atoms with van der Waals surface area (Å²) >= 11 is 0. The van der Waals surface area contributed by atoms with Crippen LogP contribution in [0.1, 0.15) is 5.69 Å². The van der Waals surface area contributed by atoms with E-state index in [1.807, 2.05) is 61.8 Å². The standard InChI is InChI=1S/C15H18N2O/c1-16-14(11-13-7-5-6-10-17-13)12-18-15-8-3-2-4-9-15/h2-10,14,16H,11-12H2,1H3. The van der Waals surface area contributed by atoms with Crippen molar-refractivity contribution in [2.75, 3.05) is 13.7 Å². The van der Waals surface area contributed by atoms with E-state index < -0.39 is 0 Å². The van der Waals surface area contributed by atoms with Crippen LogP contribution in [0.2, 0.25) is 0 Å². The van der Waals surface area contributed by atoms with E-state index in [4.69, 9.17) is 4.74 Å². The van der Waals surface area contributed by atoms with Gasteiger partial charge in [0.1, 0.15) is 12.4 Å². The molecule has 0 amide bonds. The second-order valence-corrected chi connectivity index (χ2v) is 4.13. The first kappa shape index (κ1) is 12.6. The van der Waals surface area contributed by atoms with Gasteiger partial charge in [0.2, 0.25) is 0 Å². The van der Waals surface area contributed by atoms with E-state index in [9.17, 15) is 0 Å². The summed E-state index contributed by atoms with van der Waals surface area (Å²) in [4.78, 5) is 4.33. The van der Waals surface area contributed by atoms with E-state index in [0.717, 1.165) is 17.9 Å². The molecule has 1 N–H and O–H groups in total. The molecule has 0 spiro atoms. The molecule has 0 aliphatic heterocycles. The minimum atomic E-state index is 0.264. The lowest BCUT2D eigenvalue weighted by atomic mass is 10.1. The Kier molecular flexibility index (Phi) is 4.73. The van der Waals surface area contributed by atoms with Crippen LogP contribution in [0.15, 0.2) is 54.7 Å². The molecule has 0 fully saturated rings. The van der Waals surface area contributed by atoms with Crippen LogP contribution in [0, 0.1) is 0 Å². The highest BCUT2D eigenvalue weighted by Crippen LogP contribution is 2.09. The van der Waals surface area contributed by atoms with Gasteiger partial charge in [-0.15, -0.1) is 0 Å². The number of aromatic nitrogens is 1. The predicted molar refractivity (Wildman–Crippen MR) is 72.7 cm³/mol. The third kappa shape index (κ3) is 3.86. The fourth-order valence-electron chi connectivity index (χ4n) is 1.73. The van der Waals surface area contributed by atoms with Crippen LogP contribution < -0.4 is 10.1 Å². The fraction of sp³-hybridized carbons (Fsp3) is 0.267. The molecule has 0 aliphatic carbocycles. The molecule has 0 radical (unpaired) electrons. The first-order chi connectivity index (χ1) is 8.88. The smallest absolute Gasteiger partial charge is 0.119 e. The largest absolute Gasteiger partial charge is 0.492 e. The summed E-state index contributed by atoms with van der Waals surface area (Å²) in [5.41, 5.74) is 1.08. The number of pyridine rings is 1. The highest BCUT2D eigenvalue weighted by Gasteiger charge is 2.08. The van der Waals surface area contributed by atoms with Crippen molar-refractivity contribution in [3.8, 4) is 5.75 Å². The number of rotatable bonds is 6. The molecule has 1 heterocycles. The number of para-hydroxylation sites is 1. The molecule has 1 aromatic carbocycles. The fourth-order valence-corrected chi connectivity index (χ4v) is 1.73. The molecule has 0 saturated heterocycles. The van der Waals surface area contributed by atoms with Crippen LogP contribution in [0.3, 0.4) is 0 Å². The molecule has 3 heteroatoms. The summed E-state index contributed by atoms with van der Waals surface area (Å²) in [5.74, 6) is 0.902. The van der Waals surface area contributed by atoms with Gasteiger partial charge in [-0.25, -0.2) is 0 Å². The van der Waals surface area contributed by atoms with Crippen LogP contribution in [0.5, 0.6) is 5.75 Å². The third-order valence-electron chi connectivity index (χ3n) is 2.78. The van der Waals surface area contributed by atoms with Crippen molar-refractivity contribution in [3.63, 3.8) is 0 Å². The number of hydrogen-bond donors (Lipinski definition) is 1. The minimum absolute atomic E-state index is 0.264. The number of benzene rings is 1. The Hall–Kier alpha value is -1.87. The number of nitrogens with one attached hydrogen (secondary N) is 1. The Labute approximate surface area is 108 Å². The van der Waals surface area contributed by atoms with Crippen LogP contribution >= 0.6 is 0 Å². The predicted octanol–water partition coefficient (Wildman–Crippen LogP) is 2.29. The van der Waals surface area contributed by atoms with Crippen LogP contribution in [0.4, 0.5) is 0 Å². The Bertz CT molecular complexity index is 445. The van der Waals surface area contributed by atoms with Gasteiger partial charge in [-0.1, -0.05) is 24.3 Å². The van der Waals surface area contributed by atoms with Crippen molar-refractivity contribution in [1.29, 1.82) is 0 Å². The maximum Gasteiger partial charge on any atom is 0.119 e. The Morgan fingerprint density at radius 1 is 1.11 bits per heavy atom. The second kappa shape index (κ2) is 6.77. The molecule has 3 nitrogen and oxygen atoms in total. The van der Waals surface area contributed by atoms with Gasteiger partial charge in [-0.3, -0.25) is 4.98 Å². The molecular formula is C15H18N2O. The highest BCUT2D eigenvalue weighted by molar-refractivity contribution is 5.21. The molecule has 0 aliphatic rings. The van der Waals surface area contributed by atoms with Gasteiger partial charge < -0.3 is 10.1 Å². The maximum absolute atomic E-state index is 5.74. The molecule has 0 bridgehead atoms. The second-order valence-electron chi connectivity index (χ2n) is 4.13. The summed E-state index contributed by atoms with van der Waals surface area (Å²) in [6.07, 6.45) is 2.68. The van der Waals surface area contributed by atoms with E-state index in [1.165, 1.54) is 0 Å². The molecule has 1 unspecified atom stereocenters. The number of likely N-dealkylation sites (N-methyl/N-ethyl adjacent to an activating group) is 1. The van der Waals surface area contributed by atoms with Crippen molar-refractivity contribution < 1.29 is 4.74 Å². The van der Waals surface area contributed by atoms with Crippen molar-refractivity contribution in [3.05, 3.63) is 60.4 Å². The topological polar surface area (TPSA) is 34.1 Å². The average Bonchev–Trinajstić information content (AvgIpc) is 2.45. The van der Waals surface area contributed by atoms with Crippen LogP contribution in [-0.2, 0) is 6.42 Å². The van der Waals surface area contributed by atoms with E-state index in [-0.39, 0.29) is 6.04 Å². The lowest BCUT2D eigenvalue weighted by molar-refractivity contribution is 0.269. The zero-order chi connectivity index (χ0) is 12.6. The minimum Gasteiger partial charge on any atom is -0.492 e. The van der Waals surface area contributed by atoms with Crippen molar-refractivity contribution >= 4 is 0 Å². The number of hydrogen-bond acceptors (Lipinski definition) is 3. The Morgan fingerprint density at radius 2 is 1.89 bits per heavy atom. The molecule has 2 rings (SSSR count). The zero-order valence-corrected chi connectivity index (χ0v) is 10.5. The molecule has 2 aromatic rings. The van der Waals surface area contributed by atoms with Crippen molar-refractivity contribution in [2.24, 2.45) is 0 Å². The van der Waals surface area contributed by atoms with Gasteiger partial charge in [0.05, 0.1) is 0 Å². The average molecular weight is 242 g/mol. The molecular weight excluding hydrogens is 224 g/mol. The van der Waals surface area contributed by atoms with Gasteiger partial charge in [-0.2, -0.15) is 0 Å². The highest BCUT2D eigenvalue weighted by atomic mass is 16.5. The van der Waals surface area contributed by atoms with E-state index in [1.54, 1.807) is 0 Å². The Balaban J connectivity index is 1.86. The van der Waals surface area contributed by atoms with Crippen molar-refractivity contribution in [1.82, 2.24) is 10.3 Å². The Morgan fingerprint density at radius 3 is 2.56 bits per heavy atom. The first-order valence-electron chi connectivity index (χ1n) is 6.13. The van der Waals surface area contributed by atoms with Crippen LogP contribution in [0.25, 0.3) is 0 Å². The van der Waals surface area contributed by atoms with Gasteiger partial charge in [0.15, 0.2) is 0 Å². The lowest BCUT2D eigenvalue weighted by Gasteiger charge is -2.16. The summed E-state index contributed by atoms with van der Waals surface area (Å²) in [6.45, 7) is 0.636. The normalized spacial score (nSPS) is 12.1. The molecule has 18 heavy (non-hydrogen) atoms. The summed E-state index contributed by atoms with van der Waals surface area (Å²) in [6, 6.07) is 16.1. The lowest BCUT2D eigenvalue weighted by Crippen LogP contribution is -2.34. The SMILES string of the molecule is CNC(COc1ccccc1)Cc1ccccn1. The molecule has 1 atom stereocenters. The summed E-state index contributed by atoms with van der Waals surface area (Å²) in [7, 11) is 1.95. The number of nitrogens with zero attached hydrogens (tertiary/aromatic N) is 1. The van der Waals surface area contributed by atoms with Gasteiger partial charge in [0, 0.05) is 24.4 Å². The monoisotopic (exact) mass is 242 g/mol. The maximum atomic E-state index is 5.74. The van der Waals surface area contributed by atoms with Gasteiger partial charge >= 0.3 is 0 Å².